The highest BCUT2D eigenvalue weighted by molar-refractivity contribution is 7.16. The molecular formula is C12H13ClN4OS. The van der Waals surface area contributed by atoms with E-state index in [2.05, 4.69) is 16.0 Å². The van der Waals surface area contributed by atoms with Crippen LogP contribution in [-0.2, 0) is 4.74 Å². The number of nitrogens with zero attached hydrogens (tertiary/aromatic N) is 4. The third-order valence-electron chi connectivity index (χ3n) is 2.64. The summed E-state index contributed by atoms with van der Waals surface area (Å²) in [5, 5.41) is 11.9. The SMILES string of the molecule is COCCN(CCC#N)c1nc(Cl)nc2sccc12. The molecule has 0 spiro atoms. The van der Waals surface area contributed by atoms with Crippen molar-refractivity contribution in [3.63, 3.8) is 0 Å². The number of hydrogen-bond donors (Lipinski definition) is 0. The molecule has 0 aromatic carbocycles. The minimum absolute atomic E-state index is 0.226. The van der Waals surface area contributed by atoms with Gasteiger partial charge in [-0.1, -0.05) is 0 Å². The summed E-state index contributed by atoms with van der Waals surface area (Å²) in [6.45, 7) is 1.83. The van der Waals surface area contributed by atoms with Crippen molar-refractivity contribution in [3.8, 4) is 6.07 Å². The fourth-order valence-corrected chi connectivity index (χ4v) is 2.74. The summed E-state index contributed by atoms with van der Waals surface area (Å²) in [5.74, 6) is 0.767. The Morgan fingerprint density at radius 1 is 1.47 bits per heavy atom. The Morgan fingerprint density at radius 3 is 3.05 bits per heavy atom. The lowest BCUT2D eigenvalue weighted by atomic mass is 10.3. The molecule has 0 N–H and O–H groups in total. The van der Waals surface area contributed by atoms with Gasteiger partial charge in [-0.2, -0.15) is 10.2 Å². The topological polar surface area (TPSA) is 62.0 Å². The van der Waals surface area contributed by atoms with Crippen LogP contribution in [0.25, 0.3) is 10.2 Å². The number of rotatable bonds is 6. The fraction of sp³-hybridized carbons (Fsp3) is 0.417. The number of halogens is 1. The van der Waals surface area contributed by atoms with Crippen LogP contribution < -0.4 is 4.90 Å². The van der Waals surface area contributed by atoms with Crippen LogP contribution in [0.3, 0.4) is 0 Å². The number of aromatic nitrogens is 2. The molecule has 0 bridgehead atoms. The molecule has 0 aliphatic heterocycles. The first kappa shape index (κ1) is 14.0. The van der Waals surface area contributed by atoms with Crippen molar-refractivity contribution in [2.45, 2.75) is 6.42 Å². The molecule has 5 nitrogen and oxygen atoms in total. The van der Waals surface area contributed by atoms with Crippen molar-refractivity contribution in [2.75, 3.05) is 31.7 Å². The molecule has 100 valence electrons. The molecule has 0 saturated heterocycles. The smallest absolute Gasteiger partial charge is 0.225 e. The van der Waals surface area contributed by atoms with Crippen molar-refractivity contribution in [2.24, 2.45) is 0 Å². The molecular weight excluding hydrogens is 284 g/mol. The van der Waals surface area contributed by atoms with Crippen molar-refractivity contribution < 1.29 is 4.74 Å². The molecule has 0 aliphatic carbocycles. The van der Waals surface area contributed by atoms with Gasteiger partial charge >= 0.3 is 0 Å². The maximum Gasteiger partial charge on any atom is 0.225 e. The highest BCUT2D eigenvalue weighted by Crippen LogP contribution is 2.29. The summed E-state index contributed by atoms with van der Waals surface area (Å²) in [6.07, 6.45) is 0.428. The Hall–Kier alpha value is -1.42. The fourth-order valence-electron chi connectivity index (χ4n) is 1.77. The number of nitriles is 1. The van der Waals surface area contributed by atoms with Crippen molar-refractivity contribution >= 4 is 39.0 Å². The average molecular weight is 297 g/mol. The van der Waals surface area contributed by atoms with E-state index in [1.807, 2.05) is 16.3 Å². The average Bonchev–Trinajstić information content (AvgIpc) is 2.86. The second-order valence-electron chi connectivity index (χ2n) is 3.84. The van der Waals surface area contributed by atoms with Crippen molar-refractivity contribution in [1.29, 1.82) is 5.26 Å². The monoisotopic (exact) mass is 296 g/mol. The van der Waals surface area contributed by atoms with Crippen LogP contribution in [0, 0.1) is 11.3 Å². The second kappa shape index (κ2) is 6.66. The molecule has 0 saturated carbocycles. The second-order valence-corrected chi connectivity index (χ2v) is 5.08. The maximum absolute atomic E-state index is 8.75. The Kier molecular flexibility index (Phi) is 4.91. The van der Waals surface area contributed by atoms with Crippen LogP contribution in [0.4, 0.5) is 5.82 Å². The number of anilines is 1. The zero-order chi connectivity index (χ0) is 13.7. The van der Waals surface area contributed by atoms with Gasteiger partial charge < -0.3 is 9.64 Å². The number of fused-ring (bicyclic) bond motifs is 1. The Balaban J connectivity index is 2.36. The molecule has 7 heteroatoms. The summed E-state index contributed by atoms with van der Waals surface area (Å²) >= 11 is 7.48. The van der Waals surface area contributed by atoms with E-state index in [-0.39, 0.29) is 5.28 Å². The van der Waals surface area contributed by atoms with Gasteiger partial charge in [0.15, 0.2) is 0 Å². The molecule has 2 aromatic heterocycles. The molecule has 19 heavy (non-hydrogen) atoms. The van der Waals surface area contributed by atoms with Crippen LogP contribution in [0.15, 0.2) is 11.4 Å². The number of ether oxygens (including phenoxy) is 1. The van der Waals surface area contributed by atoms with Crippen molar-refractivity contribution in [1.82, 2.24) is 9.97 Å². The molecule has 0 radical (unpaired) electrons. The van der Waals surface area contributed by atoms with E-state index in [0.29, 0.717) is 26.1 Å². The van der Waals surface area contributed by atoms with Crippen LogP contribution in [-0.4, -0.2) is 36.8 Å². The first-order chi connectivity index (χ1) is 9.26. The van der Waals surface area contributed by atoms with E-state index >= 15 is 0 Å². The number of hydrogen-bond acceptors (Lipinski definition) is 6. The third kappa shape index (κ3) is 3.32. The lowest BCUT2D eigenvalue weighted by Crippen LogP contribution is -2.29. The normalized spacial score (nSPS) is 10.6. The predicted molar refractivity (Wildman–Crippen MR) is 76.7 cm³/mol. The Morgan fingerprint density at radius 2 is 2.32 bits per heavy atom. The lowest BCUT2D eigenvalue weighted by Gasteiger charge is -2.22. The quantitative estimate of drug-likeness (QED) is 0.767. The molecule has 0 atom stereocenters. The van der Waals surface area contributed by atoms with Crippen LogP contribution in [0.2, 0.25) is 5.28 Å². The van der Waals surface area contributed by atoms with Gasteiger partial charge in [-0.05, 0) is 23.0 Å². The Labute approximate surface area is 120 Å². The number of thiophene rings is 1. The summed E-state index contributed by atoms with van der Waals surface area (Å²) in [7, 11) is 1.65. The summed E-state index contributed by atoms with van der Waals surface area (Å²) in [6, 6.07) is 4.11. The van der Waals surface area contributed by atoms with E-state index < -0.39 is 0 Å². The molecule has 0 amide bonds. The van der Waals surface area contributed by atoms with Crippen LogP contribution >= 0.6 is 22.9 Å². The minimum Gasteiger partial charge on any atom is -0.383 e. The Bertz CT molecular complexity index is 595. The van der Waals surface area contributed by atoms with Gasteiger partial charge in [0.1, 0.15) is 10.6 Å². The van der Waals surface area contributed by atoms with Crippen LogP contribution in [0.1, 0.15) is 6.42 Å². The third-order valence-corrected chi connectivity index (χ3v) is 3.61. The first-order valence-corrected chi connectivity index (χ1v) is 7.03. The van der Waals surface area contributed by atoms with E-state index in [4.69, 9.17) is 21.6 Å². The van der Waals surface area contributed by atoms with E-state index in [1.54, 1.807) is 7.11 Å². The highest BCUT2D eigenvalue weighted by Gasteiger charge is 2.14. The largest absolute Gasteiger partial charge is 0.383 e. The van der Waals surface area contributed by atoms with Crippen LogP contribution in [0.5, 0.6) is 0 Å². The zero-order valence-electron chi connectivity index (χ0n) is 10.5. The summed E-state index contributed by atoms with van der Waals surface area (Å²) in [4.78, 5) is 11.4. The van der Waals surface area contributed by atoms with Gasteiger partial charge in [-0.15, -0.1) is 11.3 Å². The van der Waals surface area contributed by atoms with Crippen molar-refractivity contribution in [3.05, 3.63) is 16.7 Å². The van der Waals surface area contributed by atoms with E-state index in [9.17, 15) is 0 Å². The predicted octanol–water partition coefficient (Wildman–Crippen LogP) is 2.71. The standard InChI is InChI=1S/C12H13ClN4OS/c1-18-7-6-17(5-2-4-14)10-9-3-8-19-11(9)16-12(13)15-10/h3,8H,2,5-7H2,1H3. The highest BCUT2D eigenvalue weighted by atomic mass is 35.5. The molecule has 0 aliphatic rings. The number of methoxy groups -OCH3 is 1. The van der Waals surface area contributed by atoms with Gasteiger partial charge in [0.05, 0.1) is 24.5 Å². The van der Waals surface area contributed by atoms with Gasteiger partial charge in [-0.3, -0.25) is 0 Å². The summed E-state index contributed by atoms with van der Waals surface area (Å²) < 4.78 is 5.10. The lowest BCUT2D eigenvalue weighted by molar-refractivity contribution is 0.205. The maximum atomic E-state index is 8.75. The molecule has 2 aromatic rings. The van der Waals surface area contributed by atoms with E-state index in [1.165, 1.54) is 11.3 Å². The van der Waals surface area contributed by atoms with Gasteiger partial charge in [0.2, 0.25) is 5.28 Å². The molecule has 0 unspecified atom stereocenters. The summed E-state index contributed by atoms with van der Waals surface area (Å²) in [5.41, 5.74) is 0. The zero-order valence-corrected chi connectivity index (χ0v) is 12.0. The molecule has 2 heterocycles. The van der Waals surface area contributed by atoms with Gasteiger partial charge in [0, 0.05) is 20.2 Å². The minimum atomic E-state index is 0.226. The van der Waals surface area contributed by atoms with Gasteiger partial charge in [-0.25, -0.2) is 4.98 Å². The molecule has 2 rings (SSSR count). The van der Waals surface area contributed by atoms with E-state index in [0.717, 1.165) is 16.0 Å². The van der Waals surface area contributed by atoms with Gasteiger partial charge in [0.25, 0.3) is 0 Å². The molecule has 0 fully saturated rings. The first-order valence-electron chi connectivity index (χ1n) is 5.78.